The molecular weight excluding hydrogens is 294 g/mol. The van der Waals surface area contributed by atoms with Crippen LogP contribution in [0, 0.1) is 10.1 Å². The van der Waals surface area contributed by atoms with Crippen molar-refractivity contribution < 1.29 is 9.66 Å². The quantitative estimate of drug-likeness (QED) is 0.540. The molecule has 0 saturated carbocycles. The largest absolute Gasteiger partial charge is 0.430 e. The summed E-state index contributed by atoms with van der Waals surface area (Å²) in [5.41, 5.74) is -0.140. The van der Waals surface area contributed by atoms with Crippen LogP contribution in [-0.2, 0) is 0 Å². The van der Waals surface area contributed by atoms with Crippen LogP contribution in [0.4, 0.5) is 5.69 Å². The fourth-order valence-corrected chi connectivity index (χ4v) is 2.12. The Morgan fingerprint density at radius 1 is 1.00 bits per heavy atom. The number of aromatic nitrogens is 2. The molecule has 0 atom stereocenters. The molecule has 0 N–H and O–H groups in total. The van der Waals surface area contributed by atoms with Crippen LogP contribution in [0.1, 0.15) is 0 Å². The van der Waals surface area contributed by atoms with E-state index in [1.165, 1.54) is 12.1 Å². The second-order valence-electron chi connectivity index (χ2n) is 4.17. The van der Waals surface area contributed by atoms with Crippen molar-refractivity contribution in [3.63, 3.8) is 0 Å². The minimum absolute atomic E-state index is 0.101. The molecule has 3 aromatic rings. The van der Waals surface area contributed by atoms with Crippen LogP contribution in [0.15, 0.2) is 48.5 Å². The molecule has 2 aromatic carbocycles. The molecular formula is C14H8ClN3O3. The van der Waals surface area contributed by atoms with Crippen molar-refractivity contribution in [1.29, 1.82) is 0 Å². The first-order chi connectivity index (χ1) is 10.2. The van der Waals surface area contributed by atoms with Gasteiger partial charge in [0.05, 0.1) is 4.92 Å². The standard InChI is InChI=1S/C14H8ClN3O3/c15-13-9-5-1-2-6-10(9)14(17-16-13)21-12-8-4-3-7-11(12)18(19)20/h1-8H. The Morgan fingerprint density at radius 2 is 1.67 bits per heavy atom. The monoisotopic (exact) mass is 301 g/mol. The lowest BCUT2D eigenvalue weighted by molar-refractivity contribution is -0.385. The zero-order valence-electron chi connectivity index (χ0n) is 10.6. The maximum Gasteiger partial charge on any atom is 0.311 e. The van der Waals surface area contributed by atoms with Crippen molar-refractivity contribution in [2.75, 3.05) is 0 Å². The summed E-state index contributed by atoms with van der Waals surface area (Å²) in [4.78, 5) is 10.5. The number of halogens is 1. The van der Waals surface area contributed by atoms with E-state index in [2.05, 4.69) is 10.2 Å². The van der Waals surface area contributed by atoms with Gasteiger partial charge in [0, 0.05) is 16.8 Å². The lowest BCUT2D eigenvalue weighted by Gasteiger charge is -2.07. The van der Waals surface area contributed by atoms with Crippen molar-refractivity contribution in [2.24, 2.45) is 0 Å². The van der Waals surface area contributed by atoms with Crippen molar-refractivity contribution in [2.45, 2.75) is 0 Å². The normalized spacial score (nSPS) is 10.5. The predicted molar refractivity (Wildman–Crippen MR) is 77.7 cm³/mol. The van der Waals surface area contributed by atoms with E-state index in [4.69, 9.17) is 16.3 Å². The molecule has 0 radical (unpaired) electrons. The first-order valence-corrected chi connectivity index (χ1v) is 6.37. The first-order valence-electron chi connectivity index (χ1n) is 5.99. The maximum atomic E-state index is 11.0. The summed E-state index contributed by atoms with van der Waals surface area (Å²) in [6.07, 6.45) is 0. The number of nitro benzene ring substituents is 1. The van der Waals surface area contributed by atoms with Gasteiger partial charge in [-0.2, -0.15) is 0 Å². The van der Waals surface area contributed by atoms with Gasteiger partial charge in [0.1, 0.15) is 0 Å². The zero-order chi connectivity index (χ0) is 14.8. The third kappa shape index (κ3) is 2.48. The number of hydrogen-bond acceptors (Lipinski definition) is 5. The fraction of sp³-hybridized carbons (Fsp3) is 0. The van der Waals surface area contributed by atoms with E-state index in [1.54, 1.807) is 30.3 Å². The molecule has 0 saturated heterocycles. The molecule has 1 heterocycles. The molecule has 7 heteroatoms. The molecule has 104 valence electrons. The van der Waals surface area contributed by atoms with Gasteiger partial charge in [-0.05, 0) is 12.1 Å². The van der Waals surface area contributed by atoms with Crippen LogP contribution < -0.4 is 4.74 Å². The molecule has 0 fully saturated rings. The fourth-order valence-electron chi connectivity index (χ4n) is 1.92. The van der Waals surface area contributed by atoms with Crippen molar-refractivity contribution in [3.05, 3.63) is 63.8 Å². The number of ether oxygens (including phenoxy) is 1. The van der Waals surface area contributed by atoms with E-state index in [0.29, 0.717) is 10.8 Å². The molecule has 6 nitrogen and oxygen atoms in total. The topological polar surface area (TPSA) is 78.2 Å². The van der Waals surface area contributed by atoms with Crippen LogP contribution in [0.2, 0.25) is 5.15 Å². The second-order valence-corrected chi connectivity index (χ2v) is 4.53. The Balaban J connectivity index is 2.11. The maximum absolute atomic E-state index is 11.0. The van der Waals surface area contributed by atoms with Gasteiger partial charge >= 0.3 is 5.69 Å². The number of para-hydroxylation sites is 2. The molecule has 0 aliphatic carbocycles. The smallest absolute Gasteiger partial charge is 0.311 e. The minimum atomic E-state index is -0.513. The van der Waals surface area contributed by atoms with Crippen molar-refractivity contribution >= 4 is 28.1 Å². The summed E-state index contributed by atoms with van der Waals surface area (Å²) in [6, 6.07) is 13.2. The van der Waals surface area contributed by atoms with Gasteiger partial charge in [-0.3, -0.25) is 10.1 Å². The molecule has 3 rings (SSSR count). The van der Waals surface area contributed by atoms with E-state index in [9.17, 15) is 10.1 Å². The number of nitro groups is 1. The molecule has 0 spiro atoms. The van der Waals surface area contributed by atoms with Gasteiger partial charge in [-0.25, -0.2) is 0 Å². The molecule has 0 unspecified atom stereocenters. The number of fused-ring (bicyclic) bond motifs is 1. The molecule has 0 aliphatic rings. The van der Waals surface area contributed by atoms with Crippen LogP contribution in [0.3, 0.4) is 0 Å². The summed E-state index contributed by atoms with van der Waals surface area (Å²) in [6.45, 7) is 0. The van der Waals surface area contributed by atoms with E-state index >= 15 is 0 Å². The second kappa shape index (κ2) is 5.34. The Morgan fingerprint density at radius 3 is 2.43 bits per heavy atom. The highest BCUT2D eigenvalue weighted by Crippen LogP contribution is 2.34. The number of benzene rings is 2. The van der Waals surface area contributed by atoms with Crippen LogP contribution in [0.25, 0.3) is 10.8 Å². The van der Waals surface area contributed by atoms with E-state index in [-0.39, 0.29) is 22.5 Å². The summed E-state index contributed by atoms with van der Waals surface area (Å²) in [5.74, 6) is 0.272. The summed E-state index contributed by atoms with van der Waals surface area (Å²) >= 11 is 5.98. The number of nitrogens with zero attached hydrogens (tertiary/aromatic N) is 3. The molecule has 1 aromatic heterocycles. The summed E-state index contributed by atoms with van der Waals surface area (Å²) in [5, 5.41) is 20.2. The van der Waals surface area contributed by atoms with Crippen LogP contribution >= 0.6 is 11.6 Å². The van der Waals surface area contributed by atoms with Gasteiger partial charge < -0.3 is 4.74 Å². The molecule has 0 bridgehead atoms. The zero-order valence-corrected chi connectivity index (χ0v) is 11.3. The highest BCUT2D eigenvalue weighted by Gasteiger charge is 2.17. The highest BCUT2D eigenvalue weighted by atomic mass is 35.5. The average Bonchev–Trinajstić information content (AvgIpc) is 2.51. The highest BCUT2D eigenvalue weighted by molar-refractivity contribution is 6.34. The number of hydrogen-bond donors (Lipinski definition) is 0. The van der Waals surface area contributed by atoms with Gasteiger partial charge in [0.2, 0.25) is 11.6 Å². The Bertz CT molecular complexity index is 839. The third-order valence-corrected chi connectivity index (χ3v) is 3.16. The third-order valence-electron chi connectivity index (χ3n) is 2.88. The van der Waals surface area contributed by atoms with Crippen LogP contribution in [0.5, 0.6) is 11.6 Å². The van der Waals surface area contributed by atoms with Gasteiger partial charge in [-0.1, -0.05) is 41.9 Å². The lowest BCUT2D eigenvalue weighted by atomic mass is 10.2. The molecule has 0 aliphatic heterocycles. The predicted octanol–water partition coefficient (Wildman–Crippen LogP) is 3.98. The first kappa shape index (κ1) is 13.3. The summed E-state index contributed by atoms with van der Waals surface area (Å²) < 4.78 is 5.57. The SMILES string of the molecule is O=[N+]([O-])c1ccccc1Oc1nnc(Cl)c2ccccc12. The van der Waals surface area contributed by atoms with Gasteiger partial charge in [0.15, 0.2) is 5.15 Å². The lowest BCUT2D eigenvalue weighted by Crippen LogP contribution is -1.96. The average molecular weight is 302 g/mol. The Labute approximate surface area is 124 Å². The molecule has 0 amide bonds. The van der Waals surface area contributed by atoms with E-state index < -0.39 is 4.92 Å². The van der Waals surface area contributed by atoms with Crippen molar-refractivity contribution in [3.8, 4) is 11.6 Å². The van der Waals surface area contributed by atoms with E-state index in [1.807, 2.05) is 6.07 Å². The van der Waals surface area contributed by atoms with Crippen LogP contribution in [-0.4, -0.2) is 15.1 Å². The van der Waals surface area contributed by atoms with Crippen molar-refractivity contribution in [1.82, 2.24) is 10.2 Å². The summed E-state index contributed by atoms with van der Waals surface area (Å²) in [7, 11) is 0. The van der Waals surface area contributed by atoms with Gasteiger partial charge in [-0.15, -0.1) is 10.2 Å². The Hall–Kier alpha value is -2.73. The van der Waals surface area contributed by atoms with Gasteiger partial charge in [0.25, 0.3) is 0 Å². The molecule has 21 heavy (non-hydrogen) atoms. The Kier molecular flexibility index (Phi) is 3.37. The number of rotatable bonds is 3. The van der Waals surface area contributed by atoms with E-state index in [0.717, 1.165) is 0 Å². The minimum Gasteiger partial charge on any atom is -0.430 e.